The summed E-state index contributed by atoms with van der Waals surface area (Å²) in [6.07, 6.45) is 3.78. The highest BCUT2D eigenvalue weighted by Gasteiger charge is 2.20. The molecule has 0 atom stereocenters. The second-order valence-electron chi connectivity index (χ2n) is 7.58. The lowest BCUT2D eigenvalue weighted by molar-refractivity contribution is 0.105. The van der Waals surface area contributed by atoms with Crippen LogP contribution in [0.5, 0.6) is 11.5 Å². The van der Waals surface area contributed by atoms with Crippen LogP contribution in [0, 0.1) is 0 Å². The first-order valence-corrected chi connectivity index (χ1v) is 10.8. The Balaban J connectivity index is 1.67. The molecule has 0 saturated carbocycles. The summed E-state index contributed by atoms with van der Waals surface area (Å²) < 4.78 is 11.1. The number of hydrogen-bond donors (Lipinski definition) is 2. The number of carbonyl (C=O) groups is 1. The number of nitrogens with zero attached hydrogens (tertiary/aromatic N) is 1. The highest BCUT2D eigenvalue weighted by atomic mass is 16.5. The fourth-order valence-electron chi connectivity index (χ4n) is 3.93. The topological polar surface area (TPSA) is 80.0 Å². The maximum Gasteiger partial charge on any atom is 0.196 e. The molecule has 33 heavy (non-hydrogen) atoms. The summed E-state index contributed by atoms with van der Waals surface area (Å²) in [5, 5.41) is 1.03. The summed E-state index contributed by atoms with van der Waals surface area (Å²) in [6.45, 7) is 2.36. The Kier molecular flexibility index (Phi) is 5.40. The van der Waals surface area contributed by atoms with Crippen LogP contribution in [0.3, 0.4) is 0 Å². The van der Waals surface area contributed by atoms with E-state index in [0.717, 1.165) is 27.5 Å². The predicted molar refractivity (Wildman–Crippen MR) is 131 cm³/mol. The molecule has 0 spiro atoms. The molecule has 0 aliphatic heterocycles. The third-order valence-corrected chi connectivity index (χ3v) is 5.54. The lowest BCUT2D eigenvalue weighted by Gasteiger charge is -2.11. The number of methoxy groups -OCH3 is 1. The molecule has 0 saturated heterocycles. The fourth-order valence-corrected chi connectivity index (χ4v) is 3.93. The van der Waals surface area contributed by atoms with Crippen molar-refractivity contribution in [2.75, 3.05) is 13.7 Å². The Morgan fingerprint density at radius 2 is 1.79 bits per heavy atom. The van der Waals surface area contributed by atoms with E-state index in [4.69, 9.17) is 14.5 Å². The van der Waals surface area contributed by atoms with Crippen LogP contribution in [0.2, 0.25) is 0 Å². The molecule has 2 aromatic heterocycles. The number of fused-ring (bicyclic) bond motifs is 2. The van der Waals surface area contributed by atoms with Gasteiger partial charge in [-0.1, -0.05) is 30.3 Å². The van der Waals surface area contributed by atoms with Crippen LogP contribution in [0.15, 0.2) is 72.9 Å². The Labute approximate surface area is 190 Å². The van der Waals surface area contributed by atoms with E-state index < -0.39 is 0 Å². The summed E-state index contributed by atoms with van der Waals surface area (Å²) in [5.41, 5.74) is 4.54. The molecule has 0 radical (unpaired) electrons. The summed E-state index contributed by atoms with van der Waals surface area (Å²) in [7, 11) is 1.58. The number of aromatic amines is 2. The van der Waals surface area contributed by atoms with Crippen LogP contribution in [-0.2, 0) is 0 Å². The van der Waals surface area contributed by atoms with Crippen molar-refractivity contribution in [3.05, 3.63) is 89.9 Å². The molecule has 6 heteroatoms. The molecule has 2 N–H and O–H groups in total. The summed E-state index contributed by atoms with van der Waals surface area (Å²) in [4.78, 5) is 25.1. The fraction of sp³-hybridized carbons (Fsp3) is 0.111. The van der Waals surface area contributed by atoms with Crippen LogP contribution in [-0.4, -0.2) is 34.5 Å². The van der Waals surface area contributed by atoms with Gasteiger partial charge >= 0.3 is 0 Å². The summed E-state index contributed by atoms with van der Waals surface area (Å²) in [5.74, 6) is 1.46. The first-order chi connectivity index (χ1) is 16.2. The van der Waals surface area contributed by atoms with Crippen LogP contribution >= 0.6 is 0 Å². The average Bonchev–Trinajstić information content (AvgIpc) is 3.46. The van der Waals surface area contributed by atoms with Crippen molar-refractivity contribution in [1.82, 2.24) is 15.0 Å². The molecule has 0 fully saturated rings. The minimum atomic E-state index is -0.164. The van der Waals surface area contributed by atoms with Gasteiger partial charge in [-0.15, -0.1) is 0 Å². The zero-order valence-electron chi connectivity index (χ0n) is 18.4. The van der Waals surface area contributed by atoms with Gasteiger partial charge in [0.2, 0.25) is 0 Å². The van der Waals surface area contributed by atoms with Gasteiger partial charge in [0.25, 0.3) is 0 Å². The van der Waals surface area contributed by atoms with Crippen LogP contribution in [0.4, 0.5) is 0 Å². The number of benzene rings is 3. The maximum atomic E-state index is 13.8. The van der Waals surface area contributed by atoms with Crippen molar-refractivity contribution in [3.8, 4) is 11.5 Å². The summed E-state index contributed by atoms with van der Waals surface area (Å²) in [6, 6.07) is 20.9. The van der Waals surface area contributed by atoms with Gasteiger partial charge < -0.3 is 19.4 Å². The number of allylic oxidation sites excluding steroid dienone is 1. The van der Waals surface area contributed by atoms with Gasteiger partial charge in [0.1, 0.15) is 5.82 Å². The number of aromatic nitrogens is 3. The minimum Gasteiger partial charge on any atom is -0.493 e. The third-order valence-electron chi connectivity index (χ3n) is 5.54. The lowest BCUT2D eigenvalue weighted by atomic mass is 9.99. The molecule has 2 heterocycles. The number of ether oxygens (including phenoxy) is 2. The van der Waals surface area contributed by atoms with Gasteiger partial charge in [-0.25, -0.2) is 4.98 Å². The Morgan fingerprint density at radius 3 is 2.58 bits per heavy atom. The maximum absolute atomic E-state index is 13.8. The zero-order chi connectivity index (χ0) is 22.8. The van der Waals surface area contributed by atoms with Crippen LogP contribution in [0.1, 0.15) is 28.7 Å². The van der Waals surface area contributed by atoms with Crippen LogP contribution in [0.25, 0.3) is 33.6 Å². The number of hydrogen-bond acceptors (Lipinski definition) is 4. The molecular formula is C27H23N3O3. The normalized spacial score (nSPS) is 11.8. The largest absolute Gasteiger partial charge is 0.493 e. The molecule has 0 aliphatic carbocycles. The Morgan fingerprint density at radius 1 is 1.00 bits per heavy atom. The Hall–Kier alpha value is -4.32. The number of rotatable bonds is 7. The van der Waals surface area contributed by atoms with E-state index in [1.807, 2.05) is 67.7 Å². The minimum absolute atomic E-state index is 0.164. The van der Waals surface area contributed by atoms with Gasteiger partial charge in [-0.2, -0.15) is 0 Å². The number of Topliss-reactive ketones (excluding diaryl/α,β-unsaturated/α-hetero) is 1. The molecule has 5 rings (SSSR count). The monoisotopic (exact) mass is 437 g/mol. The molecule has 0 amide bonds. The first-order valence-electron chi connectivity index (χ1n) is 10.8. The predicted octanol–water partition coefficient (Wildman–Crippen LogP) is 5.88. The van der Waals surface area contributed by atoms with Gasteiger partial charge in [0.05, 0.1) is 30.3 Å². The summed E-state index contributed by atoms with van der Waals surface area (Å²) >= 11 is 0. The van der Waals surface area contributed by atoms with E-state index in [-0.39, 0.29) is 5.78 Å². The molecule has 0 bridgehead atoms. The van der Waals surface area contributed by atoms with E-state index in [1.54, 1.807) is 25.3 Å². The standard InChI is InChI=1S/C27H23N3O3/c1-3-33-25-15-17(12-13-24(25)32-2)26(31)20(27-29-22-10-6-7-11-23(22)30-27)14-18-16-28-21-9-5-4-8-19(18)21/h4-16,28H,3H2,1-2H3,(H,29,30)/b20-14-. The SMILES string of the molecule is CCOc1cc(C(=O)/C(=C/c2c[nH]c3ccccc23)c2nc3ccccc3[nH]2)ccc1OC. The molecule has 3 aromatic carbocycles. The number of H-pyrrole nitrogens is 2. The van der Waals surface area contributed by atoms with Gasteiger partial charge in [0, 0.05) is 28.2 Å². The highest BCUT2D eigenvalue weighted by Crippen LogP contribution is 2.32. The molecule has 0 unspecified atom stereocenters. The van der Waals surface area contributed by atoms with E-state index in [2.05, 4.69) is 9.97 Å². The van der Waals surface area contributed by atoms with Crippen LogP contribution < -0.4 is 9.47 Å². The van der Waals surface area contributed by atoms with E-state index in [0.29, 0.717) is 35.1 Å². The molecule has 0 aliphatic rings. The van der Waals surface area contributed by atoms with Gasteiger partial charge in [-0.3, -0.25) is 4.79 Å². The number of nitrogens with one attached hydrogen (secondary N) is 2. The van der Waals surface area contributed by atoms with Crippen molar-refractivity contribution in [2.24, 2.45) is 0 Å². The van der Waals surface area contributed by atoms with Gasteiger partial charge in [0.15, 0.2) is 17.3 Å². The number of carbonyl (C=O) groups excluding carboxylic acids is 1. The second kappa shape index (κ2) is 8.67. The van der Waals surface area contributed by atoms with Crippen molar-refractivity contribution >= 4 is 39.4 Å². The molecule has 5 aromatic rings. The highest BCUT2D eigenvalue weighted by molar-refractivity contribution is 6.32. The smallest absolute Gasteiger partial charge is 0.196 e. The molecule has 6 nitrogen and oxygen atoms in total. The zero-order valence-corrected chi connectivity index (χ0v) is 18.4. The molecule has 164 valence electrons. The Bertz CT molecular complexity index is 1460. The van der Waals surface area contributed by atoms with E-state index in [9.17, 15) is 4.79 Å². The number of para-hydroxylation sites is 3. The quantitative estimate of drug-likeness (QED) is 0.246. The third kappa shape index (κ3) is 3.87. The average molecular weight is 437 g/mol. The number of ketones is 1. The first kappa shape index (κ1) is 20.6. The van der Waals surface area contributed by atoms with Crippen molar-refractivity contribution in [3.63, 3.8) is 0 Å². The van der Waals surface area contributed by atoms with E-state index in [1.165, 1.54) is 0 Å². The van der Waals surface area contributed by atoms with Crippen molar-refractivity contribution < 1.29 is 14.3 Å². The van der Waals surface area contributed by atoms with E-state index >= 15 is 0 Å². The second-order valence-corrected chi connectivity index (χ2v) is 7.58. The number of imidazole rings is 1. The molecular weight excluding hydrogens is 414 g/mol. The van der Waals surface area contributed by atoms with Gasteiger partial charge in [-0.05, 0) is 49.4 Å². The lowest BCUT2D eigenvalue weighted by Crippen LogP contribution is -2.06. The van der Waals surface area contributed by atoms with Crippen molar-refractivity contribution in [2.45, 2.75) is 6.92 Å². The van der Waals surface area contributed by atoms with Crippen molar-refractivity contribution in [1.29, 1.82) is 0 Å².